The van der Waals surface area contributed by atoms with Gasteiger partial charge in [0.05, 0.1) is 5.56 Å². The maximum Gasteiger partial charge on any atom is 0.330 e. The Kier molecular flexibility index (Phi) is 2.61. The van der Waals surface area contributed by atoms with Crippen LogP contribution in [0.1, 0.15) is 11.9 Å². The summed E-state index contributed by atoms with van der Waals surface area (Å²) in [5, 5.41) is 15.9. The SMILES string of the molecule is NC(C(=O)O)c1nnc(-c2cccnc2)o1. The molecule has 0 radical (unpaired) electrons. The Balaban J connectivity index is 2.30. The van der Waals surface area contributed by atoms with Gasteiger partial charge >= 0.3 is 5.97 Å². The van der Waals surface area contributed by atoms with Crippen LogP contribution >= 0.6 is 0 Å². The molecule has 2 aromatic heterocycles. The molecule has 82 valence electrons. The van der Waals surface area contributed by atoms with Gasteiger partial charge in [-0.25, -0.2) is 4.79 Å². The van der Waals surface area contributed by atoms with Gasteiger partial charge in [-0.3, -0.25) is 4.98 Å². The first-order valence-electron chi connectivity index (χ1n) is 4.40. The van der Waals surface area contributed by atoms with Crippen molar-refractivity contribution < 1.29 is 14.3 Å². The fourth-order valence-corrected chi connectivity index (χ4v) is 1.07. The molecule has 0 aliphatic carbocycles. The van der Waals surface area contributed by atoms with Gasteiger partial charge in [0, 0.05) is 12.4 Å². The lowest BCUT2D eigenvalue weighted by atomic mass is 10.3. The molecule has 7 heteroatoms. The fourth-order valence-electron chi connectivity index (χ4n) is 1.07. The quantitative estimate of drug-likeness (QED) is 0.759. The highest BCUT2D eigenvalue weighted by Gasteiger charge is 2.21. The van der Waals surface area contributed by atoms with Gasteiger partial charge in [-0.05, 0) is 12.1 Å². The highest BCUT2D eigenvalue weighted by Crippen LogP contribution is 2.18. The number of aliphatic carboxylic acids is 1. The number of aromatic nitrogens is 3. The fraction of sp³-hybridized carbons (Fsp3) is 0.111. The number of nitrogens with two attached hydrogens (primary N) is 1. The lowest BCUT2D eigenvalue weighted by molar-refractivity contribution is -0.139. The van der Waals surface area contributed by atoms with Crippen LogP contribution in [0, 0.1) is 0 Å². The average Bonchev–Trinajstić information content (AvgIpc) is 2.78. The molecular formula is C9H8N4O3. The largest absolute Gasteiger partial charge is 0.480 e. The molecular weight excluding hydrogens is 212 g/mol. The predicted molar refractivity (Wildman–Crippen MR) is 52.1 cm³/mol. The second kappa shape index (κ2) is 4.07. The average molecular weight is 220 g/mol. The first-order valence-corrected chi connectivity index (χ1v) is 4.40. The summed E-state index contributed by atoms with van der Waals surface area (Å²) in [6, 6.07) is 2.12. The Morgan fingerprint density at radius 1 is 1.50 bits per heavy atom. The van der Waals surface area contributed by atoms with Crippen molar-refractivity contribution in [3.8, 4) is 11.5 Å². The Labute approximate surface area is 89.9 Å². The van der Waals surface area contributed by atoms with Crippen LogP contribution in [0.4, 0.5) is 0 Å². The van der Waals surface area contributed by atoms with Gasteiger partial charge < -0.3 is 15.3 Å². The number of hydrogen-bond donors (Lipinski definition) is 2. The van der Waals surface area contributed by atoms with Crippen molar-refractivity contribution in [3.05, 3.63) is 30.4 Å². The van der Waals surface area contributed by atoms with E-state index in [1.165, 1.54) is 6.20 Å². The van der Waals surface area contributed by atoms with E-state index >= 15 is 0 Å². The first-order chi connectivity index (χ1) is 7.68. The van der Waals surface area contributed by atoms with E-state index in [0.29, 0.717) is 5.56 Å². The van der Waals surface area contributed by atoms with Crippen LogP contribution in [0.15, 0.2) is 28.9 Å². The van der Waals surface area contributed by atoms with Crippen LogP contribution in [-0.4, -0.2) is 26.3 Å². The van der Waals surface area contributed by atoms with E-state index in [0.717, 1.165) is 0 Å². The third-order valence-corrected chi connectivity index (χ3v) is 1.88. The molecule has 0 saturated heterocycles. The van der Waals surface area contributed by atoms with E-state index in [1.54, 1.807) is 18.3 Å². The molecule has 7 nitrogen and oxygen atoms in total. The molecule has 16 heavy (non-hydrogen) atoms. The van der Waals surface area contributed by atoms with Gasteiger partial charge in [0.25, 0.3) is 0 Å². The van der Waals surface area contributed by atoms with E-state index in [9.17, 15) is 4.79 Å². The summed E-state index contributed by atoms with van der Waals surface area (Å²) in [7, 11) is 0. The van der Waals surface area contributed by atoms with Crippen LogP contribution in [0.3, 0.4) is 0 Å². The normalized spacial score (nSPS) is 12.3. The predicted octanol–water partition coefficient (Wildman–Crippen LogP) is 0.216. The molecule has 0 fully saturated rings. The van der Waals surface area contributed by atoms with Crippen molar-refractivity contribution in [1.82, 2.24) is 15.2 Å². The van der Waals surface area contributed by atoms with Crippen LogP contribution < -0.4 is 5.73 Å². The highest BCUT2D eigenvalue weighted by molar-refractivity contribution is 5.73. The van der Waals surface area contributed by atoms with E-state index in [4.69, 9.17) is 15.3 Å². The van der Waals surface area contributed by atoms with Crippen LogP contribution in [-0.2, 0) is 4.79 Å². The molecule has 3 N–H and O–H groups in total. The molecule has 0 aromatic carbocycles. The number of carboxylic acids is 1. The molecule has 0 spiro atoms. The van der Waals surface area contributed by atoms with Crippen LogP contribution in [0.25, 0.3) is 11.5 Å². The second-order valence-electron chi connectivity index (χ2n) is 3.00. The molecule has 0 bridgehead atoms. The number of pyridine rings is 1. The lowest BCUT2D eigenvalue weighted by Gasteiger charge is -1.98. The number of carbonyl (C=O) groups is 1. The third kappa shape index (κ3) is 1.89. The number of nitrogens with zero attached hydrogens (tertiary/aromatic N) is 3. The van der Waals surface area contributed by atoms with Crippen LogP contribution in [0.5, 0.6) is 0 Å². The van der Waals surface area contributed by atoms with E-state index in [2.05, 4.69) is 15.2 Å². The summed E-state index contributed by atoms with van der Waals surface area (Å²) in [4.78, 5) is 14.5. The Morgan fingerprint density at radius 3 is 2.94 bits per heavy atom. The summed E-state index contributed by atoms with van der Waals surface area (Å²) in [5.74, 6) is -1.16. The zero-order chi connectivity index (χ0) is 11.5. The van der Waals surface area contributed by atoms with E-state index in [1.807, 2.05) is 0 Å². The molecule has 1 unspecified atom stereocenters. The van der Waals surface area contributed by atoms with Gasteiger partial charge in [0.15, 0.2) is 6.04 Å². The monoisotopic (exact) mass is 220 g/mol. The van der Waals surface area contributed by atoms with E-state index < -0.39 is 12.0 Å². The molecule has 2 aromatic rings. The molecule has 0 aliphatic rings. The zero-order valence-corrected chi connectivity index (χ0v) is 8.07. The standard InChI is InChI=1S/C9H8N4O3/c10-6(9(14)15)8-13-12-7(16-8)5-2-1-3-11-4-5/h1-4,6H,10H2,(H,14,15). The number of carboxylic acid groups (broad SMARTS) is 1. The van der Waals surface area contributed by atoms with Crippen molar-refractivity contribution in [3.63, 3.8) is 0 Å². The van der Waals surface area contributed by atoms with Gasteiger partial charge in [-0.15, -0.1) is 10.2 Å². The van der Waals surface area contributed by atoms with Crippen molar-refractivity contribution in [1.29, 1.82) is 0 Å². The second-order valence-corrected chi connectivity index (χ2v) is 3.00. The number of rotatable bonds is 3. The molecule has 0 aliphatic heterocycles. The zero-order valence-electron chi connectivity index (χ0n) is 8.07. The van der Waals surface area contributed by atoms with Gasteiger partial charge in [-0.1, -0.05) is 0 Å². The molecule has 0 amide bonds. The van der Waals surface area contributed by atoms with Crippen molar-refractivity contribution >= 4 is 5.97 Å². The molecule has 1 atom stereocenters. The van der Waals surface area contributed by atoms with Crippen molar-refractivity contribution in [2.24, 2.45) is 5.73 Å². The Bertz CT molecular complexity index is 496. The van der Waals surface area contributed by atoms with E-state index in [-0.39, 0.29) is 11.8 Å². The summed E-state index contributed by atoms with van der Waals surface area (Å²) in [5.41, 5.74) is 5.93. The molecule has 2 heterocycles. The summed E-state index contributed by atoms with van der Waals surface area (Å²) in [6.07, 6.45) is 3.13. The molecule has 2 rings (SSSR count). The summed E-state index contributed by atoms with van der Waals surface area (Å²) in [6.45, 7) is 0. The first kappa shape index (κ1) is 10.2. The smallest absolute Gasteiger partial charge is 0.330 e. The van der Waals surface area contributed by atoms with Crippen LogP contribution in [0.2, 0.25) is 0 Å². The maximum absolute atomic E-state index is 10.6. The minimum Gasteiger partial charge on any atom is -0.480 e. The Morgan fingerprint density at radius 2 is 2.31 bits per heavy atom. The third-order valence-electron chi connectivity index (χ3n) is 1.88. The van der Waals surface area contributed by atoms with Crippen molar-refractivity contribution in [2.45, 2.75) is 6.04 Å². The lowest BCUT2D eigenvalue weighted by Crippen LogP contribution is -2.20. The minimum atomic E-state index is -1.31. The maximum atomic E-state index is 10.6. The van der Waals surface area contributed by atoms with Crippen molar-refractivity contribution in [2.75, 3.05) is 0 Å². The molecule has 0 saturated carbocycles. The van der Waals surface area contributed by atoms with Gasteiger partial charge in [0.1, 0.15) is 0 Å². The number of hydrogen-bond acceptors (Lipinski definition) is 6. The Hall–Kier alpha value is -2.28. The summed E-state index contributed by atoms with van der Waals surface area (Å²) >= 11 is 0. The summed E-state index contributed by atoms with van der Waals surface area (Å²) < 4.78 is 5.12. The van der Waals surface area contributed by atoms with Gasteiger partial charge in [-0.2, -0.15) is 0 Å². The van der Waals surface area contributed by atoms with Gasteiger partial charge in [0.2, 0.25) is 11.8 Å². The minimum absolute atomic E-state index is 0.133. The highest BCUT2D eigenvalue weighted by atomic mass is 16.4. The topological polar surface area (TPSA) is 115 Å².